The van der Waals surface area contributed by atoms with Crippen molar-refractivity contribution in [3.63, 3.8) is 0 Å². The van der Waals surface area contributed by atoms with E-state index >= 15 is 0 Å². The number of aliphatic hydroxyl groups is 1. The maximum absolute atomic E-state index is 11.6. The largest absolute Gasteiger partial charge is 0.422 e. The monoisotopic (exact) mass is 201 g/mol. The lowest BCUT2D eigenvalue weighted by Crippen LogP contribution is -2.52. The van der Waals surface area contributed by atoms with Crippen LogP contribution in [0.15, 0.2) is 0 Å². The van der Waals surface area contributed by atoms with E-state index in [0.29, 0.717) is 0 Å². The molecule has 0 atom stereocenters. The summed E-state index contributed by atoms with van der Waals surface area (Å²) >= 11 is 0. The summed E-state index contributed by atoms with van der Waals surface area (Å²) in [6.07, 6.45) is 1.49. The molecule has 1 rings (SSSR count). The molecule has 0 aromatic rings. The summed E-state index contributed by atoms with van der Waals surface area (Å²) in [4.78, 5) is 13.3. The molecule has 1 saturated heterocycles. The fourth-order valence-corrected chi connectivity index (χ4v) is 2.27. The molecular weight excluding hydrogens is 182 g/mol. The van der Waals surface area contributed by atoms with Gasteiger partial charge in [0.25, 0.3) is 0 Å². The van der Waals surface area contributed by atoms with Crippen LogP contribution >= 0.6 is 0 Å². The van der Waals surface area contributed by atoms with Gasteiger partial charge in [0.1, 0.15) is 0 Å². The number of aliphatic hydroxyl groups excluding tert-OH is 1. The molecule has 4 nitrogen and oxygen atoms in total. The molecule has 0 aromatic heterocycles. The Hall–Kier alpha value is -0.770. The van der Waals surface area contributed by atoms with Crippen LogP contribution in [0.5, 0.6) is 0 Å². The number of nitrogens with zero attached hydrogens (tertiary/aromatic N) is 1. The lowest BCUT2D eigenvalue weighted by atomic mass is 10.0. The molecule has 1 aliphatic heterocycles. The lowest BCUT2D eigenvalue weighted by Gasteiger charge is -2.39. The molecule has 4 heteroatoms. The van der Waals surface area contributed by atoms with E-state index in [1.807, 2.05) is 27.7 Å². The van der Waals surface area contributed by atoms with Gasteiger partial charge in [0, 0.05) is 11.1 Å². The smallest absolute Gasteiger partial charge is 0.412 e. The first-order valence-corrected chi connectivity index (χ1v) is 4.89. The van der Waals surface area contributed by atoms with E-state index in [2.05, 4.69) is 4.74 Å². The molecule has 1 aliphatic rings. The molecular formula is C10H19NO3. The summed E-state index contributed by atoms with van der Waals surface area (Å²) in [6.45, 7) is 7.50. The molecule has 1 amide bonds. The summed E-state index contributed by atoms with van der Waals surface area (Å²) in [5.41, 5.74) is -0.370. The van der Waals surface area contributed by atoms with Crippen LogP contribution in [-0.2, 0) is 4.74 Å². The van der Waals surface area contributed by atoms with Gasteiger partial charge in [0.15, 0.2) is 6.79 Å². The maximum Gasteiger partial charge on any atom is 0.412 e. The molecule has 14 heavy (non-hydrogen) atoms. The Morgan fingerprint density at radius 1 is 1.29 bits per heavy atom. The second kappa shape index (κ2) is 3.42. The standard InChI is InChI=1S/C10H19NO3/c1-9(2)5-6-10(3,4)11(9)8(13)14-7-12/h12H,5-7H2,1-4H3. The number of rotatable bonds is 1. The highest BCUT2D eigenvalue weighted by molar-refractivity contribution is 5.70. The molecule has 0 bridgehead atoms. The normalized spacial score (nSPS) is 23.6. The Kier molecular flexibility index (Phi) is 2.76. The number of hydrogen-bond acceptors (Lipinski definition) is 3. The number of carbonyl (C=O) groups is 1. The van der Waals surface area contributed by atoms with Crippen molar-refractivity contribution >= 4 is 6.09 Å². The number of likely N-dealkylation sites (tertiary alicyclic amines) is 1. The first kappa shape index (κ1) is 11.3. The lowest BCUT2D eigenvalue weighted by molar-refractivity contribution is -0.00710. The van der Waals surface area contributed by atoms with Gasteiger partial charge in [-0.3, -0.25) is 4.90 Å². The molecule has 1 N–H and O–H groups in total. The van der Waals surface area contributed by atoms with E-state index in [0.717, 1.165) is 12.8 Å². The number of carbonyl (C=O) groups excluding carboxylic acids is 1. The minimum atomic E-state index is -0.554. The van der Waals surface area contributed by atoms with E-state index in [-0.39, 0.29) is 11.1 Å². The van der Waals surface area contributed by atoms with Crippen LogP contribution in [0.4, 0.5) is 4.79 Å². The third-order valence-electron chi connectivity index (χ3n) is 2.93. The van der Waals surface area contributed by atoms with Gasteiger partial charge in [-0.05, 0) is 40.5 Å². The highest BCUT2D eigenvalue weighted by Crippen LogP contribution is 2.40. The van der Waals surface area contributed by atoms with Crippen LogP contribution in [0.25, 0.3) is 0 Å². The molecule has 82 valence electrons. The van der Waals surface area contributed by atoms with Crippen molar-refractivity contribution in [2.75, 3.05) is 6.79 Å². The van der Waals surface area contributed by atoms with Crippen LogP contribution in [-0.4, -0.2) is 34.0 Å². The van der Waals surface area contributed by atoms with E-state index in [1.165, 1.54) is 0 Å². The highest BCUT2D eigenvalue weighted by Gasteiger charge is 2.48. The Morgan fingerprint density at radius 3 is 2.07 bits per heavy atom. The number of ether oxygens (including phenoxy) is 1. The van der Waals surface area contributed by atoms with Crippen molar-refractivity contribution in [1.82, 2.24) is 4.90 Å². The van der Waals surface area contributed by atoms with Crippen molar-refractivity contribution in [2.45, 2.75) is 51.6 Å². The fourth-order valence-electron chi connectivity index (χ4n) is 2.27. The van der Waals surface area contributed by atoms with Crippen LogP contribution in [0.1, 0.15) is 40.5 Å². The second-order valence-electron chi connectivity index (χ2n) is 5.00. The van der Waals surface area contributed by atoms with E-state index in [1.54, 1.807) is 4.90 Å². The van der Waals surface area contributed by atoms with Gasteiger partial charge in [-0.2, -0.15) is 0 Å². The van der Waals surface area contributed by atoms with E-state index < -0.39 is 12.9 Å². The van der Waals surface area contributed by atoms with Crippen molar-refractivity contribution < 1.29 is 14.6 Å². The summed E-state index contributed by atoms with van der Waals surface area (Å²) in [6, 6.07) is 0. The molecule has 0 aromatic carbocycles. The minimum Gasteiger partial charge on any atom is -0.422 e. The maximum atomic E-state index is 11.6. The zero-order valence-corrected chi connectivity index (χ0v) is 9.33. The Balaban J connectivity index is 2.86. The zero-order valence-electron chi connectivity index (χ0n) is 9.33. The molecule has 0 aliphatic carbocycles. The minimum absolute atomic E-state index is 0.185. The van der Waals surface area contributed by atoms with Crippen LogP contribution in [0.3, 0.4) is 0 Å². The average Bonchev–Trinajstić information content (AvgIpc) is 2.21. The SMILES string of the molecule is CC1(C)CCC(C)(C)N1C(=O)OCO. The van der Waals surface area contributed by atoms with E-state index in [4.69, 9.17) is 5.11 Å². The molecule has 0 radical (unpaired) electrons. The van der Waals surface area contributed by atoms with Gasteiger partial charge in [0.2, 0.25) is 0 Å². The summed E-state index contributed by atoms with van der Waals surface area (Å²) < 4.78 is 4.64. The molecule has 1 heterocycles. The molecule has 0 spiro atoms. The predicted octanol–water partition coefficient (Wildman–Crippen LogP) is 1.73. The van der Waals surface area contributed by atoms with Crippen molar-refractivity contribution in [2.24, 2.45) is 0 Å². The van der Waals surface area contributed by atoms with Gasteiger partial charge in [-0.1, -0.05) is 0 Å². The molecule has 0 unspecified atom stereocenters. The Bertz CT molecular complexity index is 220. The number of amides is 1. The van der Waals surface area contributed by atoms with E-state index in [9.17, 15) is 4.79 Å². The quantitative estimate of drug-likeness (QED) is 0.657. The van der Waals surface area contributed by atoms with Crippen LogP contribution < -0.4 is 0 Å². The van der Waals surface area contributed by atoms with Crippen molar-refractivity contribution in [1.29, 1.82) is 0 Å². The highest BCUT2D eigenvalue weighted by atomic mass is 16.6. The van der Waals surface area contributed by atoms with Gasteiger partial charge >= 0.3 is 6.09 Å². The second-order valence-corrected chi connectivity index (χ2v) is 5.00. The topological polar surface area (TPSA) is 49.8 Å². The first-order chi connectivity index (χ1) is 6.31. The zero-order chi connectivity index (χ0) is 11.0. The van der Waals surface area contributed by atoms with Crippen LogP contribution in [0.2, 0.25) is 0 Å². The Labute approximate surface area is 84.8 Å². The van der Waals surface area contributed by atoms with Gasteiger partial charge in [-0.15, -0.1) is 0 Å². The third-order valence-corrected chi connectivity index (χ3v) is 2.93. The summed E-state index contributed by atoms with van der Waals surface area (Å²) in [5.74, 6) is 0. The fraction of sp³-hybridized carbons (Fsp3) is 0.900. The first-order valence-electron chi connectivity index (χ1n) is 4.89. The van der Waals surface area contributed by atoms with Gasteiger partial charge < -0.3 is 9.84 Å². The number of hydrogen-bond donors (Lipinski definition) is 1. The van der Waals surface area contributed by atoms with Crippen molar-refractivity contribution in [3.8, 4) is 0 Å². The predicted molar refractivity (Wildman–Crippen MR) is 52.8 cm³/mol. The third kappa shape index (κ3) is 1.85. The summed E-state index contributed by atoms with van der Waals surface area (Å²) in [7, 11) is 0. The molecule has 0 saturated carbocycles. The van der Waals surface area contributed by atoms with Gasteiger partial charge in [0.05, 0.1) is 0 Å². The van der Waals surface area contributed by atoms with Crippen LogP contribution in [0, 0.1) is 0 Å². The summed E-state index contributed by atoms with van der Waals surface area (Å²) in [5, 5.41) is 8.57. The van der Waals surface area contributed by atoms with Gasteiger partial charge in [-0.25, -0.2) is 4.79 Å². The average molecular weight is 201 g/mol. The van der Waals surface area contributed by atoms with Crippen molar-refractivity contribution in [3.05, 3.63) is 0 Å². The molecule has 1 fully saturated rings. The Morgan fingerprint density at radius 2 is 1.71 bits per heavy atom.